The van der Waals surface area contributed by atoms with E-state index in [-0.39, 0.29) is 6.61 Å². The van der Waals surface area contributed by atoms with Crippen LogP contribution in [0.15, 0.2) is 11.6 Å². The van der Waals surface area contributed by atoms with Gasteiger partial charge in [-0.05, 0) is 32.8 Å². The summed E-state index contributed by atoms with van der Waals surface area (Å²) in [4.78, 5) is 52.7. The van der Waals surface area contributed by atoms with Gasteiger partial charge >= 0.3 is 17.9 Å². The molecule has 0 aromatic heterocycles. The van der Waals surface area contributed by atoms with Gasteiger partial charge in [-0.15, -0.1) is 0 Å². The largest absolute Gasteiger partial charge is 0.458 e. The summed E-state index contributed by atoms with van der Waals surface area (Å²) in [5.74, 6) is -7.40. The minimum Gasteiger partial charge on any atom is -0.458 e. The highest BCUT2D eigenvalue weighted by atomic mass is 16.6. The quantitative estimate of drug-likeness (QED) is 0.307. The van der Waals surface area contributed by atoms with Crippen LogP contribution in [0.3, 0.4) is 0 Å². The molecule has 11 nitrogen and oxygen atoms in total. The van der Waals surface area contributed by atoms with Crippen LogP contribution in [-0.2, 0) is 38.1 Å². The predicted molar refractivity (Wildman–Crippen MR) is 136 cm³/mol. The molecule has 2 saturated carbocycles. The Morgan fingerprint density at radius 2 is 1.68 bits per heavy atom. The molecule has 3 aliphatic carbocycles. The first kappa shape index (κ1) is 29.2. The number of hydrogen-bond acceptors (Lipinski definition) is 11. The smallest absolute Gasteiger partial charge is 0.348 e. The highest BCUT2D eigenvalue weighted by Gasteiger charge is 2.82. The Labute approximate surface area is 233 Å². The lowest BCUT2D eigenvalue weighted by molar-refractivity contribution is -0.301. The van der Waals surface area contributed by atoms with Crippen LogP contribution in [0.1, 0.15) is 54.4 Å². The SMILES string of the molecule is CCC(C)C(=O)OC1C(=O)OC2C(OC(=O)C(C)CC)C3C(C)=CC(=O)C(O)C3C3C(O)C(O)C4(C)OCC23C14. The fourth-order valence-electron chi connectivity index (χ4n) is 8.11. The summed E-state index contributed by atoms with van der Waals surface area (Å²) in [6.07, 6.45) is -6.11. The first-order valence-corrected chi connectivity index (χ1v) is 14.3. The van der Waals surface area contributed by atoms with E-state index in [1.165, 1.54) is 6.08 Å². The Bertz CT molecular complexity index is 1130. The van der Waals surface area contributed by atoms with Gasteiger partial charge in [-0.3, -0.25) is 14.4 Å². The molecular formula is C29H40O11. The third kappa shape index (κ3) is 3.77. The Morgan fingerprint density at radius 3 is 2.27 bits per heavy atom. The van der Waals surface area contributed by atoms with Gasteiger partial charge in [0.2, 0.25) is 6.10 Å². The molecule has 0 amide bonds. The molecule has 2 aliphatic heterocycles. The van der Waals surface area contributed by atoms with E-state index >= 15 is 0 Å². The average Bonchev–Trinajstić information content (AvgIpc) is 3.20. The Balaban J connectivity index is 1.71. The molecule has 14 atom stereocenters. The van der Waals surface area contributed by atoms with E-state index in [2.05, 4.69) is 0 Å². The van der Waals surface area contributed by atoms with Crippen molar-refractivity contribution in [3.8, 4) is 0 Å². The van der Waals surface area contributed by atoms with Gasteiger partial charge in [0, 0.05) is 17.8 Å². The van der Waals surface area contributed by atoms with Crippen molar-refractivity contribution in [2.45, 2.75) is 96.6 Å². The minimum atomic E-state index is -1.58. The molecule has 3 N–H and O–H groups in total. The van der Waals surface area contributed by atoms with Crippen LogP contribution >= 0.6 is 0 Å². The van der Waals surface area contributed by atoms with Crippen molar-refractivity contribution in [1.29, 1.82) is 0 Å². The number of carbonyl (C=O) groups excluding carboxylic acids is 4. The molecule has 4 fully saturated rings. The second kappa shape index (κ2) is 9.89. The number of esters is 3. The van der Waals surface area contributed by atoms with Gasteiger partial charge in [0.1, 0.15) is 30.0 Å². The van der Waals surface area contributed by atoms with Crippen molar-refractivity contribution in [2.24, 2.45) is 40.9 Å². The highest BCUT2D eigenvalue weighted by Crippen LogP contribution is 2.69. The molecule has 5 rings (SSSR count). The van der Waals surface area contributed by atoms with Crippen molar-refractivity contribution in [3.63, 3.8) is 0 Å². The maximum atomic E-state index is 13.7. The Morgan fingerprint density at radius 1 is 1.07 bits per heavy atom. The van der Waals surface area contributed by atoms with E-state index in [9.17, 15) is 34.5 Å². The normalized spacial score (nSPS) is 46.8. The van der Waals surface area contributed by atoms with Gasteiger partial charge in [0.05, 0.1) is 35.9 Å². The molecule has 0 aromatic carbocycles. The second-order valence-electron chi connectivity index (χ2n) is 12.6. The number of carbonyl (C=O) groups is 4. The summed E-state index contributed by atoms with van der Waals surface area (Å²) >= 11 is 0. The number of ether oxygens (including phenoxy) is 4. The molecule has 2 heterocycles. The van der Waals surface area contributed by atoms with Crippen LogP contribution in [0.2, 0.25) is 0 Å². The maximum Gasteiger partial charge on any atom is 0.348 e. The zero-order valence-corrected chi connectivity index (χ0v) is 23.7. The molecule has 222 valence electrons. The van der Waals surface area contributed by atoms with E-state index in [0.717, 1.165) is 0 Å². The molecule has 0 radical (unpaired) electrons. The Kier molecular flexibility index (Phi) is 7.21. The lowest BCUT2D eigenvalue weighted by atomic mass is 9.41. The summed E-state index contributed by atoms with van der Waals surface area (Å²) in [6, 6.07) is 0. The third-order valence-corrected chi connectivity index (χ3v) is 10.6. The van der Waals surface area contributed by atoms with Crippen LogP contribution in [-0.4, -0.2) is 87.8 Å². The summed E-state index contributed by atoms with van der Waals surface area (Å²) in [6.45, 7) is 10.1. The summed E-state index contributed by atoms with van der Waals surface area (Å²) in [5, 5.41) is 34.4. The number of aliphatic hydroxyl groups excluding tert-OH is 3. The molecule has 40 heavy (non-hydrogen) atoms. The van der Waals surface area contributed by atoms with E-state index in [1.54, 1.807) is 34.6 Å². The molecule has 11 heteroatoms. The van der Waals surface area contributed by atoms with Crippen molar-refractivity contribution in [3.05, 3.63) is 11.6 Å². The monoisotopic (exact) mass is 564 g/mol. The lowest BCUT2D eigenvalue weighted by Gasteiger charge is -2.65. The summed E-state index contributed by atoms with van der Waals surface area (Å²) in [7, 11) is 0. The van der Waals surface area contributed by atoms with E-state index in [0.29, 0.717) is 18.4 Å². The second-order valence-corrected chi connectivity index (χ2v) is 12.6. The molecule has 0 aromatic rings. The summed E-state index contributed by atoms with van der Waals surface area (Å²) < 4.78 is 24.1. The van der Waals surface area contributed by atoms with E-state index < -0.39 is 107 Å². The molecule has 14 unspecified atom stereocenters. The van der Waals surface area contributed by atoms with Crippen LogP contribution in [0.4, 0.5) is 0 Å². The average molecular weight is 565 g/mol. The van der Waals surface area contributed by atoms with E-state index in [1.807, 2.05) is 6.92 Å². The zero-order valence-electron chi connectivity index (χ0n) is 23.7. The van der Waals surface area contributed by atoms with Gasteiger partial charge in [0.15, 0.2) is 5.78 Å². The Hall–Kier alpha value is -2.34. The van der Waals surface area contributed by atoms with Crippen LogP contribution in [0.5, 0.6) is 0 Å². The van der Waals surface area contributed by atoms with Gasteiger partial charge in [-0.2, -0.15) is 0 Å². The zero-order chi connectivity index (χ0) is 29.5. The first-order chi connectivity index (χ1) is 18.8. The molecule has 1 spiro atoms. The lowest BCUT2D eigenvalue weighted by Crippen LogP contribution is -2.79. The van der Waals surface area contributed by atoms with Crippen molar-refractivity contribution >= 4 is 23.7 Å². The van der Waals surface area contributed by atoms with Crippen LogP contribution in [0, 0.1) is 40.9 Å². The van der Waals surface area contributed by atoms with Crippen molar-refractivity contribution in [2.75, 3.05) is 6.61 Å². The van der Waals surface area contributed by atoms with Crippen LogP contribution in [0.25, 0.3) is 0 Å². The highest BCUT2D eigenvalue weighted by molar-refractivity contribution is 5.95. The number of hydrogen-bond donors (Lipinski definition) is 3. The molecular weight excluding hydrogens is 524 g/mol. The van der Waals surface area contributed by atoms with Crippen molar-refractivity contribution in [1.82, 2.24) is 0 Å². The number of fused-ring (bicyclic) bond motifs is 2. The van der Waals surface area contributed by atoms with Gasteiger partial charge in [0.25, 0.3) is 0 Å². The number of aliphatic hydroxyl groups is 3. The molecule has 2 bridgehead atoms. The molecule has 5 aliphatic rings. The minimum absolute atomic E-state index is 0.146. The third-order valence-electron chi connectivity index (χ3n) is 10.6. The van der Waals surface area contributed by atoms with E-state index in [4.69, 9.17) is 18.9 Å². The number of rotatable bonds is 6. The number of ketones is 1. The topological polar surface area (TPSA) is 166 Å². The first-order valence-electron chi connectivity index (χ1n) is 14.3. The van der Waals surface area contributed by atoms with Gasteiger partial charge in [-0.1, -0.05) is 33.3 Å². The standard InChI is InChI=1S/C29H40O11/c1-7-11(3)25(34)38-20-15-13(5)9-14(30)18(31)16(15)17-19(32)23(33)28(6)22-21(39-26(35)12(4)8-2)27(36)40-24(20)29(17,22)10-37-28/h9,11-12,15-24,31-33H,7-8,10H2,1-6H3. The fourth-order valence-corrected chi connectivity index (χ4v) is 8.11. The van der Waals surface area contributed by atoms with Gasteiger partial charge < -0.3 is 34.3 Å². The molecule has 2 saturated heterocycles. The van der Waals surface area contributed by atoms with Crippen LogP contribution < -0.4 is 0 Å². The predicted octanol–water partition coefficient (Wildman–Crippen LogP) is 0.707. The fraction of sp³-hybridized carbons (Fsp3) is 0.793. The van der Waals surface area contributed by atoms with Crippen molar-refractivity contribution < 1.29 is 53.4 Å². The van der Waals surface area contributed by atoms with Gasteiger partial charge in [-0.25, -0.2) is 4.79 Å². The maximum absolute atomic E-state index is 13.7. The summed E-state index contributed by atoms with van der Waals surface area (Å²) in [5.41, 5.74) is -2.38.